The second kappa shape index (κ2) is 12.8. The Morgan fingerprint density at radius 1 is 1.18 bits per heavy atom. The molecule has 1 fully saturated rings. The van der Waals surface area contributed by atoms with E-state index in [2.05, 4.69) is 22.8 Å². The van der Waals surface area contributed by atoms with Crippen molar-refractivity contribution in [3.05, 3.63) is 23.4 Å². The molecular weight excluding hydrogens is 420 g/mol. The van der Waals surface area contributed by atoms with Gasteiger partial charge in [0.25, 0.3) is 0 Å². The lowest BCUT2D eigenvalue weighted by Crippen LogP contribution is -2.58. The smallest absolute Gasteiger partial charge is 0.328 e. The van der Waals surface area contributed by atoms with E-state index >= 15 is 0 Å². The zero-order chi connectivity index (χ0) is 23.6. The zero-order valence-electron chi connectivity index (χ0n) is 20.4. The number of morpholine rings is 1. The molecule has 0 saturated carbocycles. The Labute approximate surface area is 197 Å². The van der Waals surface area contributed by atoms with Gasteiger partial charge in [0, 0.05) is 12.2 Å². The fourth-order valence-corrected chi connectivity index (χ4v) is 4.71. The average Bonchev–Trinajstić information content (AvgIpc) is 2.82. The van der Waals surface area contributed by atoms with Gasteiger partial charge in [0.2, 0.25) is 0 Å². The number of unbranched alkanes of at least 4 members (excludes halogenated alkanes) is 4. The van der Waals surface area contributed by atoms with E-state index in [1.165, 1.54) is 19.1 Å². The number of nitrogens with one attached hydrogen (secondary N) is 2. The van der Waals surface area contributed by atoms with E-state index in [0.717, 1.165) is 63.0 Å². The van der Waals surface area contributed by atoms with E-state index < -0.39 is 6.04 Å². The molecule has 1 unspecified atom stereocenters. The van der Waals surface area contributed by atoms with Gasteiger partial charge >= 0.3 is 12.0 Å². The molecule has 8 nitrogen and oxygen atoms in total. The van der Waals surface area contributed by atoms with Crippen LogP contribution in [0.1, 0.15) is 70.1 Å². The van der Waals surface area contributed by atoms with Gasteiger partial charge in [0.1, 0.15) is 11.9 Å². The minimum atomic E-state index is -0.614. The third kappa shape index (κ3) is 7.32. The summed E-state index contributed by atoms with van der Waals surface area (Å²) in [5, 5.41) is 6.29. The first-order chi connectivity index (χ1) is 16.0. The van der Waals surface area contributed by atoms with Gasteiger partial charge in [-0.05, 0) is 57.6 Å². The van der Waals surface area contributed by atoms with Gasteiger partial charge in [0.15, 0.2) is 0 Å². The molecule has 1 saturated heterocycles. The molecule has 2 aliphatic heterocycles. The van der Waals surface area contributed by atoms with Crippen LogP contribution in [0.3, 0.4) is 0 Å². The number of rotatable bonds is 10. The number of fused-ring (bicyclic) bond motifs is 1. The van der Waals surface area contributed by atoms with Gasteiger partial charge in [-0.3, -0.25) is 0 Å². The molecule has 184 valence electrons. The van der Waals surface area contributed by atoms with Crippen molar-refractivity contribution >= 4 is 17.8 Å². The van der Waals surface area contributed by atoms with Gasteiger partial charge in [-0.15, -0.1) is 0 Å². The summed E-state index contributed by atoms with van der Waals surface area (Å²) in [6, 6.07) is 3.49. The van der Waals surface area contributed by atoms with Crippen LogP contribution in [-0.2, 0) is 27.1 Å². The molecule has 8 heteroatoms. The first kappa shape index (κ1) is 25.3. The van der Waals surface area contributed by atoms with Crippen LogP contribution in [0, 0.1) is 0 Å². The average molecular weight is 461 g/mol. The molecule has 2 amide bonds. The van der Waals surface area contributed by atoms with Crippen LogP contribution in [0.4, 0.5) is 10.6 Å². The Morgan fingerprint density at radius 2 is 1.91 bits per heavy atom. The number of ether oxygens (including phenoxy) is 2. The van der Waals surface area contributed by atoms with Crippen molar-refractivity contribution < 1.29 is 19.1 Å². The van der Waals surface area contributed by atoms with Crippen LogP contribution in [0.5, 0.6) is 0 Å². The van der Waals surface area contributed by atoms with Gasteiger partial charge in [-0.1, -0.05) is 31.7 Å². The molecular formula is C25H40N4O4. The fourth-order valence-electron chi connectivity index (χ4n) is 4.71. The minimum absolute atomic E-state index is 0.0209. The lowest BCUT2D eigenvalue weighted by Gasteiger charge is -2.39. The largest absolute Gasteiger partial charge is 0.467 e. The SMILES string of the molecule is COC(=O)C(CCCCCCCc1ccc2c(n1)NCCC2)NC(=O)N1[C@H](C)COC[C@@H]1C. The van der Waals surface area contributed by atoms with Gasteiger partial charge in [0.05, 0.1) is 32.4 Å². The van der Waals surface area contributed by atoms with Crippen molar-refractivity contribution in [3.8, 4) is 0 Å². The second-order valence-electron chi connectivity index (χ2n) is 9.32. The van der Waals surface area contributed by atoms with Crippen molar-refractivity contribution in [2.75, 3.05) is 32.2 Å². The zero-order valence-corrected chi connectivity index (χ0v) is 20.4. The summed E-state index contributed by atoms with van der Waals surface area (Å²) in [6.45, 7) is 5.95. The first-order valence-corrected chi connectivity index (χ1v) is 12.5. The maximum Gasteiger partial charge on any atom is 0.328 e. The highest BCUT2D eigenvalue weighted by Gasteiger charge is 2.32. The highest BCUT2D eigenvalue weighted by molar-refractivity contribution is 5.83. The number of urea groups is 1. The molecule has 1 aromatic heterocycles. The van der Waals surface area contributed by atoms with E-state index in [4.69, 9.17) is 14.5 Å². The molecule has 3 atom stereocenters. The van der Waals surface area contributed by atoms with Crippen LogP contribution in [0.2, 0.25) is 0 Å². The quantitative estimate of drug-likeness (QED) is 0.409. The van der Waals surface area contributed by atoms with E-state index in [1.54, 1.807) is 4.90 Å². The van der Waals surface area contributed by atoms with Crippen LogP contribution < -0.4 is 10.6 Å². The highest BCUT2D eigenvalue weighted by Crippen LogP contribution is 2.21. The number of esters is 1. The van der Waals surface area contributed by atoms with Crippen molar-refractivity contribution in [2.45, 2.75) is 89.8 Å². The van der Waals surface area contributed by atoms with Crippen LogP contribution in [0.15, 0.2) is 12.1 Å². The number of amides is 2. The Bertz CT molecular complexity index is 778. The predicted molar refractivity (Wildman–Crippen MR) is 128 cm³/mol. The predicted octanol–water partition coefficient (Wildman–Crippen LogP) is 3.68. The van der Waals surface area contributed by atoms with E-state index in [9.17, 15) is 9.59 Å². The summed E-state index contributed by atoms with van der Waals surface area (Å²) in [6.07, 6.45) is 9.10. The van der Waals surface area contributed by atoms with Crippen LogP contribution >= 0.6 is 0 Å². The van der Waals surface area contributed by atoms with Crippen molar-refractivity contribution in [1.29, 1.82) is 0 Å². The summed E-state index contributed by atoms with van der Waals surface area (Å²) in [7, 11) is 1.37. The highest BCUT2D eigenvalue weighted by atomic mass is 16.5. The number of pyridine rings is 1. The monoisotopic (exact) mass is 460 g/mol. The molecule has 0 radical (unpaired) electrons. The second-order valence-corrected chi connectivity index (χ2v) is 9.32. The molecule has 0 aliphatic carbocycles. The molecule has 0 aromatic carbocycles. The Balaban J connectivity index is 1.35. The lowest BCUT2D eigenvalue weighted by molar-refractivity contribution is -0.143. The first-order valence-electron chi connectivity index (χ1n) is 12.5. The molecule has 2 aliphatic rings. The molecule has 0 bridgehead atoms. The van der Waals surface area contributed by atoms with E-state index in [1.807, 2.05) is 13.8 Å². The van der Waals surface area contributed by atoms with E-state index in [0.29, 0.717) is 19.6 Å². The summed E-state index contributed by atoms with van der Waals surface area (Å²) >= 11 is 0. The summed E-state index contributed by atoms with van der Waals surface area (Å²) in [5.41, 5.74) is 2.48. The minimum Gasteiger partial charge on any atom is -0.467 e. The molecule has 3 rings (SSSR count). The maximum atomic E-state index is 12.8. The Kier molecular flexibility index (Phi) is 9.78. The number of methoxy groups -OCH3 is 1. The van der Waals surface area contributed by atoms with Crippen molar-refractivity contribution in [2.24, 2.45) is 0 Å². The molecule has 33 heavy (non-hydrogen) atoms. The molecule has 1 aromatic rings. The summed E-state index contributed by atoms with van der Waals surface area (Å²) in [5.74, 6) is 0.680. The van der Waals surface area contributed by atoms with Crippen LogP contribution in [0.25, 0.3) is 0 Å². The fraction of sp³-hybridized carbons (Fsp3) is 0.720. The standard InChI is InChI=1S/C25H40N4O4/c1-18-16-33-17-19(2)29(18)25(31)28-22(24(30)32-3)12-8-6-4-5-7-11-21-14-13-20-10-9-15-26-23(20)27-21/h13-14,18-19,22H,4-12,15-17H2,1-3H3,(H,26,27)(H,28,31)/t18-,19+,22?. The number of carbonyl (C=O) groups is 2. The molecule has 3 heterocycles. The lowest BCUT2D eigenvalue weighted by atomic mass is 10.0. The number of hydrogen-bond donors (Lipinski definition) is 2. The van der Waals surface area contributed by atoms with E-state index in [-0.39, 0.29) is 24.1 Å². The Hall–Kier alpha value is -2.35. The maximum absolute atomic E-state index is 12.8. The normalized spacial score (nSPS) is 21.0. The number of aryl methyl sites for hydroxylation is 2. The van der Waals surface area contributed by atoms with Crippen LogP contribution in [-0.4, -0.2) is 66.9 Å². The summed E-state index contributed by atoms with van der Waals surface area (Å²) < 4.78 is 10.4. The van der Waals surface area contributed by atoms with Gasteiger partial charge in [-0.2, -0.15) is 0 Å². The number of hydrogen-bond acceptors (Lipinski definition) is 6. The van der Waals surface area contributed by atoms with Gasteiger partial charge < -0.3 is 25.0 Å². The number of carbonyl (C=O) groups excluding carboxylic acids is 2. The molecule has 0 spiro atoms. The van der Waals surface area contributed by atoms with Gasteiger partial charge in [-0.25, -0.2) is 14.6 Å². The van der Waals surface area contributed by atoms with Crippen molar-refractivity contribution in [1.82, 2.24) is 15.2 Å². The number of nitrogens with zero attached hydrogens (tertiary/aromatic N) is 2. The molecule has 2 N–H and O–H groups in total. The topological polar surface area (TPSA) is 92.8 Å². The number of aromatic nitrogens is 1. The third-order valence-corrected chi connectivity index (χ3v) is 6.56. The van der Waals surface area contributed by atoms with Crippen molar-refractivity contribution in [3.63, 3.8) is 0 Å². The third-order valence-electron chi connectivity index (χ3n) is 6.56. The summed E-state index contributed by atoms with van der Waals surface area (Å²) in [4.78, 5) is 31.5. The number of anilines is 1. The Morgan fingerprint density at radius 3 is 2.67 bits per heavy atom.